The van der Waals surface area contributed by atoms with Crippen molar-refractivity contribution in [2.24, 2.45) is 0 Å². The lowest BCUT2D eigenvalue weighted by atomic mass is 10.1. The first-order valence-corrected chi connectivity index (χ1v) is 12.9. The molecule has 1 aliphatic rings. The molecule has 3 aromatic carbocycles. The molecule has 0 atom stereocenters. The minimum atomic E-state index is -3.47. The number of nitrogens with one attached hydrogen (secondary N) is 1. The van der Waals surface area contributed by atoms with E-state index in [1.165, 1.54) is 4.31 Å². The maximum atomic E-state index is 12.8. The summed E-state index contributed by atoms with van der Waals surface area (Å²) < 4.78 is 32.7. The van der Waals surface area contributed by atoms with Gasteiger partial charge in [0.15, 0.2) is 0 Å². The molecule has 1 aliphatic heterocycles. The van der Waals surface area contributed by atoms with Gasteiger partial charge in [-0.2, -0.15) is 4.31 Å². The largest absolute Gasteiger partial charge is 0.490 e. The van der Waals surface area contributed by atoms with Crippen LogP contribution in [0.15, 0.2) is 96.4 Å². The first-order valence-electron chi connectivity index (χ1n) is 11.5. The van der Waals surface area contributed by atoms with Crippen LogP contribution in [0.5, 0.6) is 5.75 Å². The third kappa shape index (κ3) is 6.36. The average Bonchev–Trinajstić information content (AvgIpc) is 2.89. The number of hydrogen-bond acceptors (Lipinski definition) is 5. The van der Waals surface area contributed by atoms with Crippen LogP contribution >= 0.6 is 0 Å². The quantitative estimate of drug-likeness (QED) is 0.458. The van der Waals surface area contributed by atoms with Crippen LogP contribution in [0.2, 0.25) is 0 Å². The molecule has 0 radical (unpaired) electrons. The molecule has 1 amide bonds. The zero-order valence-electron chi connectivity index (χ0n) is 19.5. The normalized spacial score (nSPS) is 14.9. The van der Waals surface area contributed by atoms with E-state index in [0.717, 1.165) is 5.56 Å². The molecular formula is C27H29N3O4S. The molecule has 0 aromatic heterocycles. The topological polar surface area (TPSA) is 79.0 Å². The van der Waals surface area contributed by atoms with E-state index in [-0.39, 0.29) is 5.91 Å². The van der Waals surface area contributed by atoms with E-state index in [1.54, 1.807) is 60.7 Å². The minimum Gasteiger partial charge on any atom is -0.490 e. The highest BCUT2D eigenvalue weighted by Crippen LogP contribution is 2.20. The number of rotatable bonds is 9. The van der Waals surface area contributed by atoms with E-state index in [9.17, 15) is 13.2 Å². The molecule has 7 nitrogen and oxygen atoms in total. The smallest absolute Gasteiger partial charge is 0.255 e. The van der Waals surface area contributed by atoms with E-state index in [0.29, 0.717) is 61.2 Å². The molecule has 8 heteroatoms. The van der Waals surface area contributed by atoms with Gasteiger partial charge in [-0.25, -0.2) is 8.42 Å². The van der Waals surface area contributed by atoms with Gasteiger partial charge in [-0.15, -0.1) is 0 Å². The summed E-state index contributed by atoms with van der Waals surface area (Å²) >= 11 is 0. The van der Waals surface area contributed by atoms with Gasteiger partial charge in [0.1, 0.15) is 12.4 Å². The molecule has 0 bridgehead atoms. The highest BCUT2D eigenvalue weighted by atomic mass is 32.2. The lowest BCUT2D eigenvalue weighted by molar-refractivity contribution is 0.102. The van der Waals surface area contributed by atoms with Crippen molar-refractivity contribution in [3.8, 4) is 5.75 Å². The molecule has 1 N–H and O–H groups in total. The summed E-state index contributed by atoms with van der Waals surface area (Å²) in [7, 11) is -3.47. The SMILES string of the molecule is C=CCOc1ccc(NC(=O)c2cccc(CN3CCN(S(=O)(=O)c4ccccc4)CC3)c2)cc1. The average molecular weight is 492 g/mol. The molecule has 1 heterocycles. The number of amides is 1. The maximum absolute atomic E-state index is 12.8. The van der Waals surface area contributed by atoms with Gasteiger partial charge in [-0.1, -0.05) is 43.0 Å². The van der Waals surface area contributed by atoms with Crippen molar-refractivity contribution in [3.63, 3.8) is 0 Å². The van der Waals surface area contributed by atoms with Gasteiger partial charge >= 0.3 is 0 Å². The Labute approximate surface area is 206 Å². The number of carbonyl (C=O) groups excluding carboxylic acids is 1. The van der Waals surface area contributed by atoms with Crippen molar-refractivity contribution in [3.05, 3.63) is 103 Å². The number of carbonyl (C=O) groups is 1. The summed E-state index contributed by atoms with van der Waals surface area (Å²) in [5, 5.41) is 2.91. The number of ether oxygens (including phenoxy) is 1. The summed E-state index contributed by atoms with van der Waals surface area (Å²) in [6.07, 6.45) is 1.68. The van der Waals surface area contributed by atoms with Crippen LogP contribution in [0.4, 0.5) is 5.69 Å². The summed E-state index contributed by atoms with van der Waals surface area (Å²) in [4.78, 5) is 15.3. The molecule has 1 fully saturated rings. The fraction of sp³-hybridized carbons (Fsp3) is 0.222. The van der Waals surface area contributed by atoms with E-state index < -0.39 is 10.0 Å². The van der Waals surface area contributed by atoms with Crippen LogP contribution in [0.25, 0.3) is 0 Å². The minimum absolute atomic E-state index is 0.189. The molecule has 0 unspecified atom stereocenters. The second kappa shape index (κ2) is 11.3. The van der Waals surface area contributed by atoms with Crippen molar-refractivity contribution in [1.82, 2.24) is 9.21 Å². The molecule has 1 saturated heterocycles. The predicted octanol–water partition coefficient (Wildman–Crippen LogP) is 4.01. The van der Waals surface area contributed by atoms with E-state index in [1.807, 2.05) is 24.3 Å². The molecule has 4 rings (SSSR count). The number of nitrogens with zero attached hydrogens (tertiary/aromatic N) is 2. The second-order valence-corrected chi connectivity index (χ2v) is 10.2. The van der Waals surface area contributed by atoms with Crippen LogP contribution in [-0.4, -0.2) is 56.3 Å². The lowest BCUT2D eigenvalue weighted by Gasteiger charge is -2.34. The highest BCUT2D eigenvalue weighted by Gasteiger charge is 2.28. The lowest BCUT2D eigenvalue weighted by Crippen LogP contribution is -2.48. The molecule has 182 valence electrons. The van der Waals surface area contributed by atoms with Crippen LogP contribution in [0, 0.1) is 0 Å². The van der Waals surface area contributed by atoms with Crippen molar-refractivity contribution < 1.29 is 17.9 Å². The molecule has 0 aliphatic carbocycles. The zero-order valence-corrected chi connectivity index (χ0v) is 20.3. The van der Waals surface area contributed by atoms with Gasteiger partial charge in [0, 0.05) is 44.0 Å². The van der Waals surface area contributed by atoms with E-state index in [4.69, 9.17) is 4.74 Å². The standard InChI is InChI=1S/C27H29N3O4S/c1-2-19-34-25-13-11-24(12-14-25)28-27(31)23-8-6-7-22(20-23)21-29-15-17-30(18-16-29)35(32,33)26-9-4-3-5-10-26/h2-14,20H,1,15-19,21H2,(H,28,31). The highest BCUT2D eigenvalue weighted by molar-refractivity contribution is 7.89. The van der Waals surface area contributed by atoms with Crippen molar-refractivity contribution in [2.75, 3.05) is 38.1 Å². The monoisotopic (exact) mass is 491 g/mol. The van der Waals surface area contributed by atoms with Crippen LogP contribution < -0.4 is 10.1 Å². The van der Waals surface area contributed by atoms with Crippen molar-refractivity contribution in [2.45, 2.75) is 11.4 Å². The van der Waals surface area contributed by atoms with E-state index in [2.05, 4.69) is 16.8 Å². The van der Waals surface area contributed by atoms with Crippen LogP contribution in [-0.2, 0) is 16.6 Å². The maximum Gasteiger partial charge on any atom is 0.255 e. The van der Waals surface area contributed by atoms with Crippen LogP contribution in [0.3, 0.4) is 0 Å². The number of sulfonamides is 1. The summed E-state index contributed by atoms with van der Waals surface area (Å²) in [6, 6.07) is 23.2. The molecular weight excluding hydrogens is 462 g/mol. The molecule has 35 heavy (non-hydrogen) atoms. The second-order valence-electron chi connectivity index (χ2n) is 8.27. The third-order valence-corrected chi connectivity index (χ3v) is 7.70. The molecule has 3 aromatic rings. The summed E-state index contributed by atoms with van der Waals surface area (Å²) in [5.41, 5.74) is 2.26. The van der Waals surface area contributed by atoms with Crippen LogP contribution in [0.1, 0.15) is 15.9 Å². The fourth-order valence-electron chi connectivity index (χ4n) is 3.93. The van der Waals surface area contributed by atoms with Gasteiger partial charge in [0.2, 0.25) is 10.0 Å². The van der Waals surface area contributed by atoms with Gasteiger partial charge in [-0.3, -0.25) is 9.69 Å². The van der Waals surface area contributed by atoms with E-state index >= 15 is 0 Å². The van der Waals surface area contributed by atoms with Gasteiger partial charge < -0.3 is 10.1 Å². The van der Waals surface area contributed by atoms with Gasteiger partial charge in [-0.05, 0) is 54.1 Å². The van der Waals surface area contributed by atoms with Crippen molar-refractivity contribution in [1.29, 1.82) is 0 Å². The number of hydrogen-bond donors (Lipinski definition) is 1. The summed E-state index contributed by atoms with van der Waals surface area (Å²) in [6.45, 7) is 6.82. The first-order chi connectivity index (χ1) is 17.0. The Morgan fingerprint density at radius 1 is 0.943 bits per heavy atom. The Kier molecular flexibility index (Phi) is 7.97. The molecule has 0 saturated carbocycles. The zero-order chi connectivity index (χ0) is 24.7. The number of piperazine rings is 1. The number of benzene rings is 3. The molecule has 0 spiro atoms. The Balaban J connectivity index is 1.32. The first kappa shape index (κ1) is 24.7. The Hall–Kier alpha value is -3.46. The van der Waals surface area contributed by atoms with Gasteiger partial charge in [0.25, 0.3) is 5.91 Å². The Morgan fingerprint density at radius 2 is 1.66 bits per heavy atom. The summed E-state index contributed by atoms with van der Waals surface area (Å²) in [5.74, 6) is 0.520. The Morgan fingerprint density at radius 3 is 2.34 bits per heavy atom. The number of anilines is 1. The van der Waals surface area contributed by atoms with Gasteiger partial charge in [0.05, 0.1) is 4.90 Å². The third-order valence-electron chi connectivity index (χ3n) is 5.79. The van der Waals surface area contributed by atoms with Crippen molar-refractivity contribution >= 4 is 21.6 Å². The fourth-order valence-corrected chi connectivity index (χ4v) is 5.37. The Bertz CT molecular complexity index is 1250. The predicted molar refractivity (Wildman–Crippen MR) is 137 cm³/mol.